The highest BCUT2D eigenvalue weighted by atomic mass is 16.5. The molecule has 0 radical (unpaired) electrons. The molecule has 19 heavy (non-hydrogen) atoms. The van der Waals surface area contributed by atoms with Crippen LogP contribution in [-0.2, 0) is 5.54 Å². The molecule has 1 atom stereocenters. The zero-order valence-corrected chi connectivity index (χ0v) is 12.5. The molecular weight excluding hydrogens is 238 g/mol. The topological polar surface area (TPSA) is 30.5 Å². The second-order valence-corrected chi connectivity index (χ2v) is 5.78. The van der Waals surface area contributed by atoms with Crippen LogP contribution in [0.5, 0.6) is 11.5 Å². The van der Waals surface area contributed by atoms with Crippen LogP contribution in [0.25, 0.3) is 0 Å². The minimum atomic E-state index is 0.0358. The van der Waals surface area contributed by atoms with Crippen LogP contribution in [0.4, 0.5) is 0 Å². The van der Waals surface area contributed by atoms with E-state index in [-0.39, 0.29) is 5.54 Å². The molecule has 0 spiro atoms. The zero-order valence-electron chi connectivity index (χ0n) is 12.5. The summed E-state index contributed by atoms with van der Waals surface area (Å²) in [6.07, 6.45) is 3.50. The van der Waals surface area contributed by atoms with E-state index >= 15 is 0 Å². The molecule has 0 saturated carbocycles. The summed E-state index contributed by atoms with van der Waals surface area (Å²) in [5, 5.41) is 3.71. The minimum absolute atomic E-state index is 0.0358. The van der Waals surface area contributed by atoms with Gasteiger partial charge in [0.05, 0.1) is 14.2 Å². The summed E-state index contributed by atoms with van der Waals surface area (Å²) in [5.74, 6) is 2.49. The van der Waals surface area contributed by atoms with E-state index in [2.05, 4.69) is 25.2 Å². The zero-order chi connectivity index (χ0) is 13.9. The van der Waals surface area contributed by atoms with Gasteiger partial charge in [0.2, 0.25) is 0 Å². The standard InChI is InChI=1S/C16H25NO2/c1-12(2)11-16(8-5-9-17-16)14-10-13(18-3)6-7-15(14)19-4/h6-7,10,12,17H,5,8-9,11H2,1-4H3. The third-order valence-electron chi connectivity index (χ3n) is 3.92. The Morgan fingerprint density at radius 2 is 2.05 bits per heavy atom. The maximum absolute atomic E-state index is 5.57. The number of rotatable bonds is 5. The van der Waals surface area contributed by atoms with Gasteiger partial charge in [-0.3, -0.25) is 0 Å². The molecule has 0 aliphatic carbocycles. The smallest absolute Gasteiger partial charge is 0.124 e. The number of benzene rings is 1. The first-order chi connectivity index (χ1) is 9.11. The third kappa shape index (κ3) is 2.86. The fourth-order valence-corrected chi connectivity index (χ4v) is 3.21. The average molecular weight is 263 g/mol. The van der Waals surface area contributed by atoms with Crippen molar-refractivity contribution in [3.63, 3.8) is 0 Å². The Morgan fingerprint density at radius 3 is 2.58 bits per heavy atom. The van der Waals surface area contributed by atoms with Crippen molar-refractivity contribution in [2.24, 2.45) is 5.92 Å². The summed E-state index contributed by atoms with van der Waals surface area (Å²) < 4.78 is 10.9. The summed E-state index contributed by atoms with van der Waals surface area (Å²) in [5.41, 5.74) is 1.27. The first kappa shape index (κ1) is 14.2. The lowest BCUT2D eigenvalue weighted by atomic mass is 9.80. The van der Waals surface area contributed by atoms with Crippen molar-refractivity contribution in [3.05, 3.63) is 23.8 Å². The molecule has 1 unspecified atom stereocenters. The molecule has 0 aromatic heterocycles. The molecule has 106 valence electrons. The molecule has 0 amide bonds. The molecule has 1 N–H and O–H groups in total. The normalized spacial score (nSPS) is 22.8. The van der Waals surface area contributed by atoms with Gasteiger partial charge in [0, 0.05) is 11.1 Å². The van der Waals surface area contributed by atoms with Crippen molar-refractivity contribution < 1.29 is 9.47 Å². The van der Waals surface area contributed by atoms with E-state index in [0.29, 0.717) is 5.92 Å². The van der Waals surface area contributed by atoms with E-state index in [1.54, 1.807) is 14.2 Å². The van der Waals surface area contributed by atoms with E-state index in [1.807, 2.05) is 12.1 Å². The van der Waals surface area contributed by atoms with E-state index in [4.69, 9.17) is 9.47 Å². The van der Waals surface area contributed by atoms with Gasteiger partial charge in [-0.2, -0.15) is 0 Å². The molecule has 1 saturated heterocycles. The molecule has 3 nitrogen and oxygen atoms in total. The second-order valence-electron chi connectivity index (χ2n) is 5.78. The van der Waals surface area contributed by atoms with E-state index in [1.165, 1.54) is 12.0 Å². The van der Waals surface area contributed by atoms with Gasteiger partial charge >= 0.3 is 0 Å². The molecule has 2 rings (SSSR count). The molecule has 1 aliphatic heterocycles. The Labute approximate surface area is 116 Å². The lowest BCUT2D eigenvalue weighted by molar-refractivity contribution is 0.293. The summed E-state index contributed by atoms with van der Waals surface area (Å²) in [6, 6.07) is 6.09. The Kier molecular flexibility index (Phi) is 4.35. The SMILES string of the molecule is COc1ccc(OC)c(C2(CC(C)C)CCCN2)c1. The first-order valence-electron chi connectivity index (χ1n) is 7.09. The fourth-order valence-electron chi connectivity index (χ4n) is 3.21. The highest BCUT2D eigenvalue weighted by Gasteiger charge is 2.38. The van der Waals surface area contributed by atoms with Gasteiger partial charge in [-0.1, -0.05) is 13.8 Å². The van der Waals surface area contributed by atoms with Crippen LogP contribution in [0.15, 0.2) is 18.2 Å². The predicted molar refractivity (Wildman–Crippen MR) is 77.9 cm³/mol. The average Bonchev–Trinajstić information content (AvgIpc) is 2.86. The first-order valence-corrected chi connectivity index (χ1v) is 7.09. The number of hydrogen-bond acceptors (Lipinski definition) is 3. The highest BCUT2D eigenvalue weighted by Crippen LogP contribution is 2.42. The third-order valence-corrected chi connectivity index (χ3v) is 3.92. The van der Waals surface area contributed by atoms with Crippen molar-refractivity contribution in [3.8, 4) is 11.5 Å². The van der Waals surface area contributed by atoms with E-state index < -0.39 is 0 Å². The van der Waals surface area contributed by atoms with Crippen LogP contribution >= 0.6 is 0 Å². The number of nitrogens with one attached hydrogen (secondary N) is 1. The van der Waals surface area contributed by atoms with Gasteiger partial charge in [0.25, 0.3) is 0 Å². The molecule has 1 aromatic carbocycles. The fraction of sp³-hybridized carbons (Fsp3) is 0.625. The van der Waals surface area contributed by atoms with Crippen LogP contribution < -0.4 is 14.8 Å². The summed E-state index contributed by atoms with van der Waals surface area (Å²) in [6.45, 7) is 5.62. The van der Waals surface area contributed by atoms with E-state index in [9.17, 15) is 0 Å². The van der Waals surface area contributed by atoms with Crippen LogP contribution in [0.1, 0.15) is 38.7 Å². The maximum Gasteiger partial charge on any atom is 0.124 e. The molecule has 1 aromatic rings. The van der Waals surface area contributed by atoms with Crippen LogP contribution in [0.3, 0.4) is 0 Å². The van der Waals surface area contributed by atoms with Crippen LogP contribution in [0, 0.1) is 5.92 Å². The summed E-state index contributed by atoms with van der Waals surface area (Å²) in [4.78, 5) is 0. The summed E-state index contributed by atoms with van der Waals surface area (Å²) in [7, 11) is 3.45. The van der Waals surface area contributed by atoms with Gasteiger partial charge in [0.1, 0.15) is 11.5 Å². The van der Waals surface area contributed by atoms with Crippen molar-refractivity contribution in [2.75, 3.05) is 20.8 Å². The molecule has 0 bridgehead atoms. The quantitative estimate of drug-likeness (QED) is 0.884. The second kappa shape index (κ2) is 5.83. The Balaban J connectivity index is 2.45. The van der Waals surface area contributed by atoms with Gasteiger partial charge in [-0.15, -0.1) is 0 Å². The Bertz CT molecular complexity index is 423. The predicted octanol–water partition coefficient (Wildman–Crippen LogP) is 3.33. The number of methoxy groups -OCH3 is 2. The largest absolute Gasteiger partial charge is 0.497 e. The maximum atomic E-state index is 5.57. The van der Waals surface area contributed by atoms with Crippen LogP contribution in [-0.4, -0.2) is 20.8 Å². The van der Waals surface area contributed by atoms with Crippen molar-refractivity contribution in [1.29, 1.82) is 0 Å². The van der Waals surface area contributed by atoms with Gasteiger partial charge in [-0.05, 0) is 49.9 Å². The molecule has 1 aliphatic rings. The molecule has 1 heterocycles. The minimum Gasteiger partial charge on any atom is -0.497 e. The molecule has 3 heteroatoms. The number of hydrogen-bond donors (Lipinski definition) is 1. The van der Waals surface area contributed by atoms with E-state index in [0.717, 1.165) is 30.9 Å². The van der Waals surface area contributed by atoms with Gasteiger partial charge < -0.3 is 14.8 Å². The molecular formula is C16H25NO2. The Morgan fingerprint density at radius 1 is 1.26 bits per heavy atom. The van der Waals surface area contributed by atoms with Crippen molar-refractivity contribution in [1.82, 2.24) is 5.32 Å². The molecule has 1 fully saturated rings. The lowest BCUT2D eigenvalue weighted by Gasteiger charge is -2.33. The Hall–Kier alpha value is -1.22. The van der Waals surface area contributed by atoms with Crippen molar-refractivity contribution in [2.45, 2.75) is 38.6 Å². The van der Waals surface area contributed by atoms with Gasteiger partial charge in [0.15, 0.2) is 0 Å². The summed E-state index contributed by atoms with van der Waals surface area (Å²) >= 11 is 0. The van der Waals surface area contributed by atoms with Gasteiger partial charge in [-0.25, -0.2) is 0 Å². The van der Waals surface area contributed by atoms with Crippen molar-refractivity contribution >= 4 is 0 Å². The lowest BCUT2D eigenvalue weighted by Crippen LogP contribution is -2.38. The highest BCUT2D eigenvalue weighted by molar-refractivity contribution is 5.45. The van der Waals surface area contributed by atoms with Crippen LogP contribution in [0.2, 0.25) is 0 Å². The number of ether oxygens (including phenoxy) is 2. The monoisotopic (exact) mass is 263 g/mol.